The summed E-state index contributed by atoms with van der Waals surface area (Å²) in [7, 11) is 1.10. The van der Waals surface area contributed by atoms with E-state index in [1.165, 1.54) is 6.92 Å². The lowest BCUT2D eigenvalue weighted by Gasteiger charge is -2.48. The number of methoxy groups -OCH3 is 1. The number of hydrogen-bond donors (Lipinski definition) is 1. The monoisotopic (exact) mass is 550 g/mol. The van der Waals surface area contributed by atoms with E-state index in [9.17, 15) is 14.7 Å². The molecule has 0 aromatic heterocycles. The molecule has 0 spiro atoms. The predicted octanol–water partition coefficient (Wildman–Crippen LogP) is 3.57. The van der Waals surface area contributed by atoms with Gasteiger partial charge in [-0.15, -0.1) is 0 Å². The summed E-state index contributed by atoms with van der Waals surface area (Å²) in [5.41, 5.74) is 2.64. The van der Waals surface area contributed by atoms with E-state index in [0.717, 1.165) is 23.8 Å². The van der Waals surface area contributed by atoms with Crippen LogP contribution in [0, 0.1) is 0 Å². The van der Waals surface area contributed by atoms with E-state index in [1.54, 1.807) is 0 Å². The molecule has 0 radical (unpaired) electrons. The summed E-state index contributed by atoms with van der Waals surface area (Å²) in [5, 5.41) is 11.5. The van der Waals surface area contributed by atoms with E-state index in [2.05, 4.69) is 0 Å². The first-order valence-electron chi connectivity index (χ1n) is 13.0. The van der Waals surface area contributed by atoms with Crippen molar-refractivity contribution in [1.29, 1.82) is 0 Å². The molecule has 1 heterocycles. The Bertz CT molecular complexity index is 1210. The third kappa shape index (κ3) is 7.53. The Balaban J connectivity index is 1.66. The standard InChI is InChI=1S/C31H34O9/c1-22(32)39-29-28(38-20-25-16-10-5-11-17-25)27(37-19-24-14-8-4-9-15-24)26(40-31(29,34)30(33)35-2)21-36-18-23-12-6-3-7-13-23/h3-17,26-29,34H,18-21H2,1-2H3/t26-,27-,28+,29-,31-/m1/s1. The Morgan fingerprint density at radius 1 is 0.775 bits per heavy atom. The number of ether oxygens (including phenoxy) is 6. The van der Waals surface area contributed by atoms with Gasteiger partial charge in [0.2, 0.25) is 0 Å². The van der Waals surface area contributed by atoms with Crippen LogP contribution in [0.25, 0.3) is 0 Å². The molecule has 0 bridgehead atoms. The van der Waals surface area contributed by atoms with Crippen LogP contribution in [0.5, 0.6) is 0 Å². The van der Waals surface area contributed by atoms with E-state index < -0.39 is 42.1 Å². The van der Waals surface area contributed by atoms with Crippen molar-refractivity contribution in [2.45, 2.75) is 56.9 Å². The molecule has 0 unspecified atom stereocenters. The van der Waals surface area contributed by atoms with Gasteiger partial charge in [-0.25, -0.2) is 4.79 Å². The average Bonchev–Trinajstić information content (AvgIpc) is 2.98. The van der Waals surface area contributed by atoms with E-state index >= 15 is 0 Å². The maximum Gasteiger partial charge on any atom is 0.370 e. The Labute approximate surface area is 233 Å². The zero-order chi connectivity index (χ0) is 28.4. The van der Waals surface area contributed by atoms with Gasteiger partial charge in [0, 0.05) is 6.92 Å². The highest BCUT2D eigenvalue weighted by molar-refractivity contribution is 5.79. The van der Waals surface area contributed by atoms with Crippen molar-refractivity contribution in [3.8, 4) is 0 Å². The molecular weight excluding hydrogens is 516 g/mol. The lowest BCUT2D eigenvalue weighted by molar-refractivity contribution is -0.352. The predicted molar refractivity (Wildman–Crippen MR) is 144 cm³/mol. The normalized spacial score (nSPS) is 24.3. The Kier molecular flexibility index (Phi) is 10.4. The molecule has 0 saturated carbocycles. The minimum Gasteiger partial charge on any atom is -0.465 e. The number of carbonyl (C=O) groups is 2. The molecule has 0 amide bonds. The Hall–Kier alpha value is -3.60. The van der Waals surface area contributed by atoms with Crippen LogP contribution in [0.4, 0.5) is 0 Å². The summed E-state index contributed by atoms with van der Waals surface area (Å²) in [6, 6.07) is 28.3. The van der Waals surface area contributed by atoms with Crippen molar-refractivity contribution in [1.82, 2.24) is 0 Å². The van der Waals surface area contributed by atoms with Gasteiger partial charge in [0.1, 0.15) is 18.3 Å². The molecule has 1 fully saturated rings. The lowest BCUT2D eigenvalue weighted by atomic mass is 9.91. The molecule has 0 aliphatic carbocycles. The first-order chi connectivity index (χ1) is 19.4. The van der Waals surface area contributed by atoms with Gasteiger partial charge in [0.25, 0.3) is 0 Å². The van der Waals surface area contributed by atoms with Gasteiger partial charge in [-0.2, -0.15) is 0 Å². The topological polar surface area (TPSA) is 110 Å². The number of benzene rings is 3. The maximum absolute atomic E-state index is 12.9. The van der Waals surface area contributed by atoms with Gasteiger partial charge in [-0.3, -0.25) is 4.79 Å². The van der Waals surface area contributed by atoms with E-state index in [1.807, 2.05) is 91.0 Å². The maximum atomic E-state index is 12.9. The first-order valence-corrected chi connectivity index (χ1v) is 13.0. The average molecular weight is 551 g/mol. The fraction of sp³-hybridized carbons (Fsp3) is 0.355. The summed E-state index contributed by atoms with van der Waals surface area (Å²) >= 11 is 0. The quantitative estimate of drug-likeness (QED) is 0.339. The van der Waals surface area contributed by atoms with Gasteiger partial charge in [0.05, 0.1) is 33.5 Å². The fourth-order valence-electron chi connectivity index (χ4n) is 4.52. The molecule has 1 saturated heterocycles. The molecule has 212 valence electrons. The van der Waals surface area contributed by atoms with Crippen LogP contribution >= 0.6 is 0 Å². The van der Waals surface area contributed by atoms with Crippen molar-refractivity contribution < 1.29 is 43.1 Å². The van der Waals surface area contributed by atoms with Crippen LogP contribution in [-0.4, -0.2) is 61.0 Å². The van der Waals surface area contributed by atoms with Gasteiger partial charge in [-0.1, -0.05) is 91.0 Å². The molecular formula is C31H34O9. The summed E-state index contributed by atoms with van der Waals surface area (Å²) in [6.45, 7) is 1.61. The second-order valence-corrected chi connectivity index (χ2v) is 9.40. The van der Waals surface area contributed by atoms with Gasteiger partial charge < -0.3 is 33.5 Å². The number of carbonyl (C=O) groups excluding carboxylic acids is 2. The van der Waals surface area contributed by atoms with Crippen LogP contribution in [0.3, 0.4) is 0 Å². The second kappa shape index (κ2) is 14.2. The summed E-state index contributed by atoms with van der Waals surface area (Å²) in [4.78, 5) is 25.1. The SMILES string of the molecule is COC(=O)[C@]1(O)O[C@H](COCc2ccccc2)[C@@H](OCc2ccccc2)[C@H](OCc2ccccc2)[C@H]1OC(C)=O. The van der Waals surface area contributed by atoms with Crippen molar-refractivity contribution >= 4 is 11.9 Å². The Morgan fingerprint density at radius 3 is 1.73 bits per heavy atom. The van der Waals surface area contributed by atoms with Crippen LogP contribution < -0.4 is 0 Å². The van der Waals surface area contributed by atoms with E-state index in [-0.39, 0.29) is 26.4 Å². The summed E-state index contributed by atoms with van der Waals surface area (Å²) < 4.78 is 34.8. The largest absolute Gasteiger partial charge is 0.465 e. The Morgan fingerprint density at radius 2 is 1.25 bits per heavy atom. The number of hydrogen-bond acceptors (Lipinski definition) is 9. The van der Waals surface area contributed by atoms with E-state index in [0.29, 0.717) is 0 Å². The molecule has 5 atom stereocenters. The van der Waals surface area contributed by atoms with E-state index in [4.69, 9.17) is 28.4 Å². The van der Waals surface area contributed by atoms with Crippen molar-refractivity contribution in [3.63, 3.8) is 0 Å². The van der Waals surface area contributed by atoms with Gasteiger partial charge >= 0.3 is 17.7 Å². The van der Waals surface area contributed by atoms with Crippen molar-refractivity contribution in [2.24, 2.45) is 0 Å². The highest BCUT2D eigenvalue weighted by Gasteiger charge is 2.62. The number of esters is 2. The molecule has 3 aromatic rings. The third-order valence-electron chi connectivity index (χ3n) is 6.44. The molecule has 4 rings (SSSR count). The van der Waals surface area contributed by atoms with Crippen LogP contribution in [-0.2, 0) is 57.8 Å². The minimum absolute atomic E-state index is 0.0638. The minimum atomic E-state index is -2.67. The van der Waals surface area contributed by atoms with Gasteiger partial charge in [-0.05, 0) is 16.7 Å². The van der Waals surface area contributed by atoms with Crippen molar-refractivity contribution in [2.75, 3.05) is 13.7 Å². The number of rotatable bonds is 12. The molecule has 3 aromatic carbocycles. The zero-order valence-electron chi connectivity index (χ0n) is 22.5. The second-order valence-electron chi connectivity index (χ2n) is 9.40. The van der Waals surface area contributed by atoms with Crippen LogP contribution in [0.15, 0.2) is 91.0 Å². The molecule has 1 N–H and O–H groups in total. The fourth-order valence-corrected chi connectivity index (χ4v) is 4.52. The highest BCUT2D eigenvalue weighted by Crippen LogP contribution is 2.36. The highest BCUT2D eigenvalue weighted by atomic mass is 16.7. The molecule has 9 nitrogen and oxygen atoms in total. The molecule has 1 aliphatic rings. The zero-order valence-corrected chi connectivity index (χ0v) is 22.5. The summed E-state index contributed by atoms with van der Waals surface area (Å²) in [5.74, 6) is -4.55. The van der Waals surface area contributed by atoms with Gasteiger partial charge in [0.15, 0.2) is 6.10 Å². The molecule has 1 aliphatic heterocycles. The van der Waals surface area contributed by atoms with Crippen molar-refractivity contribution in [3.05, 3.63) is 108 Å². The molecule has 9 heteroatoms. The lowest BCUT2D eigenvalue weighted by Crippen LogP contribution is -2.70. The number of aliphatic hydroxyl groups is 1. The third-order valence-corrected chi connectivity index (χ3v) is 6.44. The van der Waals surface area contributed by atoms with Crippen LogP contribution in [0.1, 0.15) is 23.6 Å². The first kappa shape index (κ1) is 29.4. The summed E-state index contributed by atoms with van der Waals surface area (Å²) in [6.07, 6.45) is -4.62. The smallest absolute Gasteiger partial charge is 0.370 e. The van der Waals surface area contributed by atoms with Crippen LogP contribution in [0.2, 0.25) is 0 Å². The molecule has 40 heavy (non-hydrogen) atoms.